The van der Waals surface area contributed by atoms with Gasteiger partial charge in [0, 0.05) is 39.6 Å². The zero-order valence-corrected chi connectivity index (χ0v) is 12.5. The highest BCUT2D eigenvalue weighted by Crippen LogP contribution is 2.27. The van der Waals surface area contributed by atoms with Gasteiger partial charge in [0.05, 0.1) is 10.9 Å². The molecule has 2 aromatic heterocycles. The summed E-state index contributed by atoms with van der Waals surface area (Å²) in [6.45, 7) is 2.04. The summed E-state index contributed by atoms with van der Waals surface area (Å²) >= 11 is 6.03. The number of fused-ring (bicyclic) bond motifs is 4. The molecule has 0 unspecified atom stereocenters. The molecule has 0 saturated heterocycles. The molecular formula is C17H13ClN2O. The second kappa shape index (κ2) is 4.12. The summed E-state index contributed by atoms with van der Waals surface area (Å²) in [6, 6.07) is 11.4. The number of aryl methyl sites for hydroxylation is 2. The van der Waals surface area contributed by atoms with Crippen LogP contribution in [0.5, 0.6) is 0 Å². The summed E-state index contributed by atoms with van der Waals surface area (Å²) in [7, 11) is 2.01. The summed E-state index contributed by atoms with van der Waals surface area (Å²) in [5.74, 6) is 0. The third-order valence-corrected chi connectivity index (χ3v) is 4.42. The number of rotatable bonds is 0. The minimum Gasteiger partial charge on any atom is -0.354 e. The standard InChI is InChI=1S/C17H13ClN2O/c1-9-7-12-15(20(9)2)6-5-14-16(12)17(21)11-8-10(18)3-4-13(11)19-14/h3-8H,1-2H3,(H,19,21). The number of hydrogen-bond donors (Lipinski definition) is 1. The van der Waals surface area contributed by atoms with Crippen LogP contribution >= 0.6 is 11.6 Å². The Labute approximate surface area is 125 Å². The fourth-order valence-electron chi connectivity index (χ4n) is 2.98. The molecule has 104 valence electrons. The maximum Gasteiger partial charge on any atom is 0.197 e. The molecule has 2 aromatic carbocycles. The zero-order valence-electron chi connectivity index (χ0n) is 11.7. The van der Waals surface area contributed by atoms with E-state index in [1.807, 2.05) is 32.2 Å². The molecule has 0 saturated carbocycles. The lowest BCUT2D eigenvalue weighted by Crippen LogP contribution is -2.04. The summed E-state index contributed by atoms with van der Waals surface area (Å²) in [5, 5.41) is 2.91. The van der Waals surface area contributed by atoms with E-state index in [4.69, 9.17) is 11.6 Å². The number of benzene rings is 2. The quantitative estimate of drug-likeness (QED) is 0.487. The largest absolute Gasteiger partial charge is 0.354 e. The van der Waals surface area contributed by atoms with Crippen LogP contribution in [-0.2, 0) is 7.05 Å². The van der Waals surface area contributed by atoms with Crippen molar-refractivity contribution in [2.75, 3.05) is 0 Å². The molecule has 0 bridgehead atoms. The third kappa shape index (κ3) is 1.64. The predicted molar refractivity (Wildman–Crippen MR) is 88.3 cm³/mol. The highest BCUT2D eigenvalue weighted by molar-refractivity contribution is 6.31. The number of halogens is 1. The summed E-state index contributed by atoms with van der Waals surface area (Å²) < 4.78 is 2.09. The molecule has 0 atom stereocenters. The fourth-order valence-corrected chi connectivity index (χ4v) is 3.16. The molecule has 3 nitrogen and oxygen atoms in total. The van der Waals surface area contributed by atoms with Gasteiger partial charge in [0.25, 0.3) is 0 Å². The summed E-state index contributed by atoms with van der Waals surface area (Å²) in [5.41, 5.74) is 3.88. The van der Waals surface area contributed by atoms with Gasteiger partial charge in [0.15, 0.2) is 5.43 Å². The van der Waals surface area contributed by atoms with Crippen molar-refractivity contribution in [2.45, 2.75) is 6.92 Å². The van der Waals surface area contributed by atoms with Gasteiger partial charge in [-0.3, -0.25) is 4.79 Å². The smallest absolute Gasteiger partial charge is 0.197 e. The minimum atomic E-state index is 0.0254. The molecular weight excluding hydrogens is 284 g/mol. The molecule has 4 rings (SSSR count). The van der Waals surface area contributed by atoms with Crippen molar-refractivity contribution in [1.29, 1.82) is 0 Å². The van der Waals surface area contributed by atoms with Crippen LogP contribution in [0.3, 0.4) is 0 Å². The lowest BCUT2D eigenvalue weighted by molar-refractivity contribution is 0.918. The molecule has 0 amide bonds. The molecule has 2 heterocycles. The SMILES string of the molecule is Cc1cc2c3c(=O)c4cc(Cl)ccc4[nH]c3ccc2n1C. The van der Waals surface area contributed by atoms with Gasteiger partial charge in [-0.25, -0.2) is 0 Å². The van der Waals surface area contributed by atoms with E-state index in [0.29, 0.717) is 10.4 Å². The van der Waals surface area contributed by atoms with Crippen LogP contribution in [0.25, 0.3) is 32.7 Å². The Bertz CT molecular complexity index is 1090. The first-order valence-electron chi connectivity index (χ1n) is 6.76. The monoisotopic (exact) mass is 296 g/mol. The molecule has 0 aliphatic heterocycles. The maximum atomic E-state index is 12.9. The molecule has 0 fully saturated rings. The van der Waals surface area contributed by atoms with Gasteiger partial charge in [-0.05, 0) is 43.3 Å². The Morgan fingerprint density at radius 3 is 2.62 bits per heavy atom. The lowest BCUT2D eigenvalue weighted by atomic mass is 10.1. The molecule has 0 spiro atoms. The van der Waals surface area contributed by atoms with Crippen molar-refractivity contribution in [3.8, 4) is 0 Å². The summed E-state index contributed by atoms with van der Waals surface area (Å²) in [6.07, 6.45) is 0. The van der Waals surface area contributed by atoms with Crippen LogP contribution < -0.4 is 5.43 Å². The Morgan fingerprint density at radius 1 is 1.05 bits per heavy atom. The fraction of sp³-hybridized carbons (Fsp3) is 0.118. The Kier molecular flexibility index (Phi) is 2.45. The van der Waals surface area contributed by atoms with Crippen molar-refractivity contribution in [3.05, 3.63) is 57.3 Å². The van der Waals surface area contributed by atoms with Crippen LogP contribution in [0.1, 0.15) is 5.69 Å². The molecule has 4 aromatic rings. The average molecular weight is 297 g/mol. The number of nitrogens with zero attached hydrogens (tertiary/aromatic N) is 1. The van der Waals surface area contributed by atoms with Gasteiger partial charge in [0.2, 0.25) is 0 Å². The van der Waals surface area contributed by atoms with E-state index in [9.17, 15) is 4.79 Å². The Morgan fingerprint density at radius 2 is 1.81 bits per heavy atom. The predicted octanol–water partition coefficient (Wildman–Crippen LogP) is 4.13. The highest BCUT2D eigenvalue weighted by Gasteiger charge is 2.12. The molecule has 0 aliphatic rings. The van der Waals surface area contributed by atoms with Crippen LogP contribution in [0, 0.1) is 6.92 Å². The normalized spacial score (nSPS) is 11.8. The lowest BCUT2D eigenvalue weighted by Gasteiger charge is -2.05. The van der Waals surface area contributed by atoms with Crippen LogP contribution in [0.2, 0.25) is 5.02 Å². The van der Waals surface area contributed by atoms with Gasteiger partial charge >= 0.3 is 0 Å². The Balaban J connectivity index is 2.33. The Hall–Kier alpha value is -2.26. The molecule has 21 heavy (non-hydrogen) atoms. The van der Waals surface area contributed by atoms with Crippen LogP contribution in [0.15, 0.2) is 41.2 Å². The van der Waals surface area contributed by atoms with Gasteiger partial charge in [-0.1, -0.05) is 11.6 Å². The van der Waals surface area contributed by atoms with Gasteiger partial charge in [0.1, 0.15) is 0 Å². The molecule has 1 N–H and O–H groups in total. The van der Waals surface area contributed by atoms with E-state index < -0.39 is 0 Å². The van der Waals surface area contributed by atoms with Gasteiger partial charge in [-0.15, -0.1) is 0 Å². The number of H-pyrrole nitrogens is 1. The molecule has 4 heteroatoms. The average Bonchev–Trinajstić information content (AvgIpc) is 2.75. The first kappa shape index (κ1) is 12.5. The van der Waals surface area contributed by atoms with Crippen LogP contribution in [-0.4, -0.2) is 9.55 Å². The zero-order chi connectivity index (χ0) is 14.7. The number of aromatic nitrogens is 2. The third-order valence-electron chi connectivity index (χ3n) is 4.19. The second-order valence-corrected chi connectivity index (χ2v) is 5.85. The van der Waals surface area contributed by atoms with E-state index in [2.05, 4.69) is 15.6 Å². The van der Waals surface area contributed by atoms with Crippen molar-refractivity contribution in [1.82, 2.24) is 9.55 Å². The highest BCUT2D eigenvalue weighted by atomic mass is 35.5. The molecule has 0 aliphatic carbocycles. The second-order valence-electron chi connectivity index (χ2n) is 5.41. The van der Waals surface area contributed by atoms with Crippen molar-refractivity contribution in [2.24, 2.45) is 7.05 Å². The van der Waals surface area contributed by atoms with Crippen molar-refractivity contribution in [3.63, 3.8) is 0 Å². The van der Waals surface area contributed by atoms with E-state index >= 15 is 0 Å². The van der Waals surface area contributed by atoms with E-state index in [1.165, 1.54) is 0 Å². The minimum absolute atomic E-state index is 0.0254. The van der Waals surface area contributed by atoms with Crippen molar-refractivity contribution < 1.29 is 0 Å². The van der Waals surface area contributed by atoms with E-state index in [0.717, 1.165) is 33.0 Å². The summed E-state index contributed by atoms with van der Waals surface area (Å²) in [4.78, 5) is 16.2. The van der Waals surface area contributed by atoms with E-state index in [1.54, 1.807) is 12.1 Å². The topological polar surface area (TPSA) is 37.8 Å². The maximum absolute atomic E-state index is 12.9. The van der Waals surface area contributed by atoms with Gasteiger partial charge < -0.3 is 9.55 Å². The van der Waals surface area contributed by atoms with Crippen molar-refractivity contribution >= 4 is 44.3 Å². The first-order chi connectivity index (χ1) is 10.1. The first-order valence-corrected chi connectivity index (χ1v) is 7.14. The number of pyridine rings is 1. The molecule has 0 radical (unpaired) electrons. The number of hydrogen-bond acceptors (Lipinski definition) is 1. The number of aromatic amines is 1. The number of nitrogens with one attached hydrogen (secondary N) is 1. The van der Waals surface area contributed by atoms with E-state index in [-0.39, 0.29) is 5.43 Å². The van der Waals surface area contributed by atoms with Gasteiger partial charge in [-0.2, -0.15) is 0 Å². The van der Waals surface area contributed by atoms with Crippen LogP contribution in [0.4, 0.5) is 0 Å².